The van der Waals surface area contributed by atoms with Gasteiger partial charge >= 0.3 is 0 Å². The second-order valence-electron chi connectivity index (χ2n) is 7.57. The summed E-state index contributed by atoms with van der Waals surface area (Å²) in [5.74, 6) is 2.24. The van der Waals surface area contributed by atoms with E-state index in [2.05, 4.69) is 39.7 Å². The van der Waals surface area contributed by atoms with Gasteiger partial charge in [0.25, 0.3) is 0 Å². The highest BCUT2D eigenvalue weighted by atomic mass is 32.2. The van der Waals surface area contributed by atoms with Gasteiger partial charge in [0, 0.05) is 34.8 Å². The molecule has 1 saturated carbocycles. The SMILES string of the molecule is Cc1csc(SCC2CCN(C(=O)C3(c4cccs4)CCCC3)CC2)n1. The van der Waals surface area contributed by atoms with E-state index >= 15 is 0 Å². The molecule has 0 aromatic carbocycles. The summed E-state index contributed by atoms with van der Waals surface area (Å²) in [6.07, 6.45) is 6.69. The van der Waals surface area contributed by atoms with Gasteiger partial charge in [-0.1, -0.05) is 30.7 Å². The fraction of sp³-hybridized carbons (Fsp3) is 0.600. The van der Waals surface area contributed by atoms with E-state index < -0.39 is 0 Å². The number of piperidine rings is 1. The van der Waals surface area contributed by atoms with Crippen LogP contribution in [0.5, 0.6) is 0 Å². The highest BCUT2D eigenvalue weighted by molar-refractivity contribution is 8.01. The van der Waals surface area contributed by atoms with Gasteiger partial charge in [-0.2, -0.15) is 0 Å². The molecule has 3 nitrogen and oxygen atoms in total. The van der Waals surface area contributed by atoms with Gasteiger partial charge in [-0.15, -0.1) is 22.7 Å². The maximum absolute atomic E-state index is 13.4. The van der Waals surface area contributed by atoms with Crippen LogP contribution in [0.2, 0.25) is 0 Å². The van der Waals surface area contributed by atoms with Gasteiger partial charge in [-0.05, 0) is 50.0 Å². The first kappa shape index (κ1) is 18.5. The first-order valence-electron chi connectivity index (χ1n) is 9.56. The smallest absolute Gasteiger partial charge is 0.234 e. The topological polar surface area (TPSA) is 33.2 Å². The predicted octanol–water partition coefficient (Wildman–Crippen LogP) is 5.36. The van der Waals surface area contributed by atoms with Crippen molar-refractivity contribution in [2.45, 2.75) is 55.2 Å². The molecule has 26 heavy (non-hydrogen) atoms. The van der Waals surface area contributed by atoms with Gasteiger partial charge in [0.1, 0.15) is 4.34 Å². The zero-order valence-corrected chi connectivity index (χ0v) is 17.7. The zero-order chi connectivity index (χ0) is 18.0. The molecule has 6 heteroatoms. The van der Waals surface area contributed by atoms with Crippen molar-refractivity contribution < 1.29 is 4.79 Å². The number of rotatable bonds is 5. The molecule has 0 bridgehead atoms. The molecule has 2 aromatic heterocycles. The number of nitrogens with zero attached hydrogens (tertiary/aromatic N) is 2. The van der Waals surface area contributed by atoms with Gasteiger partial charge in [0.05, 0.1) is 5.41 Å². The molecular formula is C20H26N2OS3. The lowest BCUT2D eigenvalue weighted by molar-refractivity contribution is -0.138. The molecule has 140 valence electrons. The minimum atomic E-state index is -0.214. The molecule has 4 rings (SSSR count). The number of amides is 1. The first-order chi connectivity index (χ1) is 12.7. The Morgan fingerprint density at radius 1 is 1.31 bits per heavy atom. The highest BCUT2D eigenvalue weighted by Gasteiger charge is 2.46. The quantitative estimate of drug-likeness (QED) is 0.627. The third-order valence-corrected chi connectivity index (χ3v) is 9.25. The lowest BCUT2D eigenvalue weighted by Crippen LogP contribution is -2.48. The molecular weight excluding hydrogens is 380 g/mol. The van der Waals surface area contributed by atoms with E-state index in [9.17, 15) is 4.79 Å². The Labute approximate surface area is 168 Å². The summed E-state index contributed by atoms with van der Waals surface area (Å²) in [4.78, 5) is 21.4. The molecule has 1 saturated heterocycles. The minimum absolute atomic E-state index is 0.214. The normalized spacial score (nSPS) is 20.6. The van der Waals surface area contributed by atoms with E-state index in [4.69, 9.17) is 0 Å². The third-order valence-electron chi connectivity index (χ3n) is 5.80. The monoisotopic (exact) mass is 406 g/mol. The summed E-state index contributed by atoms with van der Waals surface area (Å²) >= 11 is 5.40. The number of hydrogen-bond donors (Lipinski definition) is 0. The van der Waals surface area contributed by atoms with Crippen LogP contribution in [-0.4, -0.2) is 34.6 Å². The van der Waals surface area contributed by atoms with Crippen molar-refractivity contribution in [3.05, 3.63) is 33.5 Å². The fourth-order valence-electron chi connectivity index (χ4n) is 4.29. The van der Waals surface area contributed by atoms with E-state index in [1.54, 1.807) is 22.7 Å². The van der Waals surface area contributed by atoms with Gasteiger partial charge in [0.2, 0.25) is 5.91 Å². The molecule has 0 unspecified atom stereocenters. The average Bonchev–Trinajstić information content (AvgIpc) is 3.41. The van der Waals surface area contributed by atoms with E-state index in [1.165, 1.54) is 22.1 Å². The van der Waals surface area contributed by atoms with Crippen molar-refractivity contribution in [2.24, 2.45) is 5.92 Å². The summed E-state index contributed by atoms with van der Waals surface area (Å²) in [7, 11) is 0. The van der Waals surface area contributed by atoms with Crippen LogP contribution in [0.4, 0.5) is 0 Å². The van der Waals surface area contributed by atoms with E-state index in [1.807, 2.05) is 11.8 Å². The Hall–Kier alpha value is -0.850. The van der Waals surface area contributed by atoms with Crippen LogP contribution in [0.25, 0.3) is 0 Å². The third kappa shape index (κ3) is 3.73. The second-order valence-corrected chi connectivity index (χ2v) is 10.6. The summed E-state index contributed by atoms with van der Waals surface area (Å²) < 4.78 is 1.18. The van der Waals surface area contributed by atoms with Crippen molar-refractivity contribution >= 4 is 40.3 Å². The number of hydrogen-bond acceptors (Lipinski definition) is 5. The minimum Gasteiger partial charge on any atom is -0.342 e. The zero-order valence-electron chi connectivity index (χ0n) is 15.3. The molecule has 2 aromatic rings. The summed E-state index contributed by atoms with van der Waals surface area (Å²) in [6, 6.07) is 4.27. The number of carbonyl (C=O) groups excluding carboxylic acids is 1. The van der Waals surface area contributed by atoms with Crippen molar-refractivity contribution in [1.29, 1.82) is 0 Å². The standard InChI is InChI=1S/C20H26N2OS3/c1-15-13-25-19(21-15)26-14-16-6-10-22(11-7-16)18(23)20(8-2-3-9-20)17-5-4-12-24-17/h4-5,12-13,16H,2-3,6-11,14H2,1H3. The highest BCUT2D eigenvalue weighted by Crippen LogP contribution is 2.45. The van der Waals surface area contributed by atoms with Crippen LogP contribution < -0.4 is 0 Å². The number of aromatic nitrogens is 1. The van der Waals surface area contributed by atoms with Crippen molar-refractivity contribution in [1.82, 2.24) is 9.88 Å². The van der Waals surface area contributed by atoms with Gasteiger partial charge in [-0.25, -0.2) is 4.98 Å². The van der Waals surface area contributed by atoms with E-state index in [0.717, 1.165) is 50.2 Å². The lowest BCUT2D eigenvalue weighted by Gasteiger charge is -2.38. The molecule has 0 N–H and O–H groups in total. The molecule has 3 heterocycles. The van der Waals surface area contributed by atoms with Crippen LogP contribution in [0.15, 0.2) is 27.2 Å². The lowest BCUT2D eigenvalue weighted by atomic mass is 9.82. The summed E-state index contributed by atoms with van der Waals surface area (Å²) in [6.45, 7) is 3.90. The van der Waals surface area contributed by atoms with Gasteiger partial charge < -0.3 is 4.90 Å². The maximum atomic E-state index is 13.4. The van der Waals surface area contributed by atoms with Crippen molar-refractivity contribution in [3.63, 3.8) is 0 Å². The van der Waals surface area contributed by atoms with Crippen molar-refractivity contribution in [2.75, 3.05) is 18.8 Å². The number of thiazole rings is 1. The first-order valence-corrected chi connectivity index (χ1v) is 12.3. The molecule has 0 atom stereocenters. The number of thioether (sulfide) groups is 1. The molecule has 1 aliphatic carbocycles. The molecule has 0 radical (unpaired) electrons. The van der Waals surface area contributed by atoms with E-state index in [-0.39, 0.29) is 5.41 Å². The van der Waals surface area contributed by atoms with Crippen LogP contribution in [0.1, 0.15) is 49.1 Å². The van der Waals surface area contributed by atoms with Crippen molar-refractivity contribution in [3.8, 4) is 0 Å². The second kappa shape index (κ2) is 8.03. The molecule has 1 aliphatic heterocycles. The Balaban J connectivity index is 1.34. The number of thiophene rings is 1. The largest absolute Gasteiger partial charge is 0.342 e. The molecule has 2 fully saturated rings. The van der Waals surface area contributed by atoms with Crippen LogP contribution in [0, 0.1) is 12.8 Å². The Morgan fingerprint density at radius 3 is 2.69 bits per heavy atom. The van der Waals surface area contributed by atoms with Gasteiger partial charge in [-0.3, -0.25) is 4.79 Å². The molecule has 0 spiro atoms. The fourth-order valence-corrected chi connectivity index (χ4v) is 7.33. The average molecular weight is 407 g/mol. The Morgan fingerprint density at radius 2 is 2.08 bits per heavy atom. The predicted molar refractivity (Wildman–Crippen MR) is 111 cm³/mol. The molecule has 2 aliphatic rings. The number of likely N-dealkylation sites (tertiary alicyclic amines) is 1. The van der Waals surface area contributed by atoms with Crippen LogP contribution in [0.3, 0.4) is 0 Å². The Kier molecular flexibility index (Phi) is 5.72. The maximum Gasteiger partial charge on any atom is 0.234 e. The van der Waals surface area contributed by atoms with Crippen LogP contribution in [-0.2, 0) is 10.2 Å². The number of carbonyl (C=O) groups is 1. The Bertz CT molecular complexity index is 726. The van der Waals surface area contributed by atoms with Gasteiger partial charge in [0.15, 0.2) is 0 Å². The number of aryl methyl sites for hydroxylation is 1. The van der Waals surface area contributed by atoms with Crippen LogP contribution >= 0.6 is 34.4 Å². The molecule has 1 amide bonds. The summed E-state index contributed by atoms with van der Waals surface area (Å²) in [5, 5.41) is 4.24. The summed E-state index contributed by atoms with van der Waals surface area (Å²) in [5.41, 5.74) is 0.905. The van der Waals surface area contributed by atoms with E-state index in [0.29, 0.717) is 11.8 Å².